The fraction of sp³-hybridized carbons (Fsp3) is 0.294. The van der Waals surface area contributed by atoms with Gasteiger partial charge < -0.3 is 14.6 Å². The van der Waals surface area contributed by atoms with E-state index in [0.717, 1.165) is 34.7 Å². The van der Waals surface area contributed by atoms with E-state index in [1.54, 1.807) is 0 Å². The van der Waals surface area contributed by atoms with Crippen molar-refractivity contribution in [3.63, 3.8) is 0 Å². The molecule has 126 valence electrons. The van der Waals surface area contributed by atoms with Crippen LogP contribution in [0, 0.1) is 6.92 Å². The molecule has 24 heavy (non-hydrogen) atoms. The van der Waals surface area contributed by atoms with Crippen molar-refractivity contribution in [2.75, 3.05) is 23.3 Å². The van der Waals surface area contributed by atoms with Gasteiger partial charge in [-0.05, 0) is 47.3 Å². The van der Waals surface area contributed by atoms with Crippen molar-refractivity contribution in [1.82, 2.24) is 5.43 Å². The number of hydrogen-bond donors (Lipinski definition) is 2. The number of halogens is 1. The highest BCUT2D eigenvalue weighted by atomic mass is 79.9. The molecule has 3 rings (SSSR count). The highest BCUT2D eigenvalue weighted by Crippen LogP contribution is 2.31. The first-order chi connectivity index (χ1) is 11.6. The number of nitrogens with zero attached hydrogens (tertiary/aromatic N) is 2. The number of hydrogen-bond acceptors (Lipinski definition) is 4. The van der Waals surface area contributed by atoms with Gasteiger partial charge in [-0.1, -0.05) is 18.2 Å². The first kappa shape index (κ1) is 16.6. The molecule has 0 atom stereocenters. The smallest absolute Gasteiger partial charge is 0.339 e. The van der Waals surface area contributed by atoms with Crippen molar-refractivity contribution >= 4 is 39.7 Å². The summed E-state index contributed by atoms with van der Waals surface area (Å²) < 4.78 is 6.67. The molecule has 1 aromatic heterocycles. The average molecular weight is 391 g/mol. The van der Waals surface area contributed by atoms with Crippen molar-refractivity contribution in [3.05, 3.63) is 46.1 Å². The number of nitrogens with one attached hydrogen (secondary N) is 2. The van der Waals surface area contributed by atoms with Crippen molar-refractivity contribution in [2.45, 2.75) is 19.8 Å². The molecule has 7 heteroatoms. The lowest BCUT2D eigenvalue weighted by atomic mass is 10.2. The van der Waals surface area contributed by atoms with Crippen LogP contribution < -0.4 is 15.6 Å². The lowest BCUT2D eigenvalue weighted by molar-refractivity contribution is 0.252. The fourth-order valence-electron chi connectivity index (χ4n) is 2.59. The van der Waals surface area contributed by atoms with Crippen LogP contribution in [0.5, 0.6) is 0 Å². The quantitative estimate of drug-likeness (QED) is 0.609. The maximum atomic E-state index is 11.9. The summed E-state index contributed by atoms with van der Waals surface area (Å²) >= 11 is 3.50. The number of carbonyl (C=O) groups is 1. The summed E-state index contributed by atoms with van der Waals surface area (Å²) in [6.45, 7) is 3.93. The average Bonchev–Trinajstić information content (AvgIpc) is 3.19. The van der Waals surface area contributed by atoms with Gasteiger partial charge in [0.05, 0.1) is 10.7 Å². The van der Waals surface area contributed by atoms with Gasteiger partial charge in [0.1, 0.15) is 0 Å². The number of rotatable bonds is 4. The molecule has 1 saturated heterocycles. The van der Waals surface area contributed by atoms with Gasteiger partial charge in [0.15, 0.2) is 5.76 Å². The minimum Gasteiger partial charge on any atom is -0.438 e. The standard InChI is InChI=1S/C17H19BrN4O2/c1-12-6-2-3-7-15(12)20-17(23)21-19-11-13-10-14(18)16(24-13)22-8-4-5-9-22/h2-3,6-7,10-11H,4-5,8-9H2,1H3,(H2,20,21,23)/b19-11+. The molecule has 0 spiro atoms. The van der Waals surface area contributed by atoms with Gasteiger partial charge in [0.2, 0.25) is 5.88 Å². The summed E-state index contributed by atoms with van der Waals surface area (Å²) in [7, 11) is 0. The third-order valence-electron chi connectivity index (χ3n) is 3.83. The Morgan fingerprint density at radius 3 is 2.83 bits per heavy atom. The van der Waals surface area contributed by atoms with Crippen LogP contribution in [0.2, 0.25) is 0 Å². The van der Waals surface area contributed by atoms with Gasteiger partial charge in [-0.25, -0.2) is 10.2 Å². The predicted molar refractivity (Wildman–Crippen MR) is 98.8 cm³/mol. The third-order valence-corrected chi connectivity index (χ3v) is 4.40. The van der Waals surface area contributed by atoms with Crippen LogP contribution in [-0.4, -0.2) is 25.3 Å². The molecule has 2 amide bonds. The van der Waals surface area contributed by atoms with Gasteiger partial charge in [-0.15, -0.1) is 0 Å². The molecule has 0 aliphatic carbocycles. The van der Waals surface area contributed by atoms with E-state index in [-0.39, 0.29) is 0 Å². The molecule has 1 aliphatic heterocycles. The number of anilines is 2. The summed E-state index contributed by atoms with van der Waals surface area (Å²) in [5.41, 5.74) is 4.18. The molecule has 2 heterocycles. The maximum absolute atomic E-state index is 11.9. The van der Waals surface area contributed by atoms with E-state index < -0.39 is 6.03 Å². The highest BCUT2D eigenvalue weighted by molar-refractivity contribution is 9.10. The largest absolute Gasteiger partial charge is 0.438 e. The summed E-state index contributed by atoms with van der Waals surface area (Å²) in [6, 6.07) is 9.00. The molecule has 6 nitrogen and oxygen atoms in total. The second-order valence-corrected chi connectivity index (χ2v) is 6.49. The van der Waals surface area contributed by atoms with Crippen molar-refractivity contribution < 1.29 is 9.21 Å². The zero-order valence-corrected chi connectivity index (χ0v) is 15.0. The number of furan rings is 1. The number of urea groups is 1. The Balaban J connectivity index is 1.57. The van der Waals surface area contributed by atoms with E-state index in [2.05, 4.69) is 36.7 Å². The van der Waals surface area contributed by atoms with Gasteiger partial charge in [0, 0.05) is 24.8 Å². The Hall–Kier alpha value is -2.28. The van der Waals surface area contributed by atoms with Crippen LogP contribution in [-0.2, 0) is 0 Å². The second-order valence-electron chi connectivity index (χ2n) is 5.64. The van der Waals surface area contributed by atoms with Gasteiger partial charge >= 0.3 is 6.03 Å². The first-order valence-corrected chi connectivity index (χ1v) is 8.63. The van der Waals surface area contributed by atoms with E-state index in [1.807, 2.05) is 37.3 Å². The Morgan fingerprint density at radius 1 is 1.33 bits per heavy atom. The Bertz CT molecular complexity index is 751. The lowest BCUT2D eigenvalue weighted by Crippen LogP contribution is -2.24. The minimum absolute atomic E-state index is 0.397. The van der Waals surface area contributed by atoms with E-state index >= 15 is 0 Å². The van der Waals surface area contributed by atoms with Crippen LogP contribution in [0.15, 0.2) is 44.3 Å². The molecule has 2 N–H and O–H groups in total. The van der Waals surface area contributed by atoms with Crippen molar-refractivity contribution in [1.29, 1.82) is 0 Å². The Kier molecular flexibility index (Phi) is 5.20. The van der Waals surface area contributed by atoms with E-state index in [9.17, 15) is 4.79 Å². The third kappa shape index (κ3) is 3.97. The summed E-state index contributed by atoms with van der Waals surface area (Å²) in [6.07, 6.45) is 3.84. The van der Waals surface area contributed by atoms with Crippen molar-refractivity contribution in [2.24, 2.45) is 5.10 Å². The Morgan fingerprint density at radius 2 is 2.08 bits per heavy atom. The molecular formula is C17H19BrN4O2. The summed E-state index contributed by atoms with van der Waals surface area (Å²) in [5.74, 6) is 1.40. The maximum Gasteiger partial charge on any atom is 0.339 e. The molecule has 0 unspecified atom stereocenters. The van der Waals surface area contributed by atoms with E-state index in [4.69, 9.17) is 4.42 Å². The first-order valence-electron chi connectivity index (χ1n) is 7.83. The monoisotopic (exact) mass is 390 g/mol. The molecule has 0 bridgehead atoms. The normalized spacial score (nSPS) is 14.3. The van der Waals surface area contributed by atoms with E-state index in [0.29, 0.717) is 5.76 Å². The van der Waals surface area contributed by atoms with Crippen LogP contribution >= 0.6 is 15.9 Å². The zero-order chi connectivity index (χ0) is 16.9. The number of carbonyl (C=O) groups excluding carboxylic acids is 1. The molecule has 1 aromatic carbocycles. The van der Waals surface area contributed by atoms with Gasteiger partial charge in [-0.3, -0.25) is 0 Å². The van der Waals surface area contributed by atoms with Crippen LogP contribution in [0.1, 0.15) is 24.2 Å². The number of amides is 2. The fourth-order valence-corrected chi connectivity index (χ4v) is 3.15. The Labute approximate surface area is 149 Å². The SMILES string of the molecule is Cc1ccccc1NC(=O)N/N=C/c1cc(Br)c(N2CCCC2)o1. The lowest BCUT2D eigenvalue weighted by Gasteiger charge is -2.13. The number of para-hydroxylation sites is 1. The number of hydrazone groups is 1. The second kappa shape index (κ2) is 7.53. The molecule has 0 radical (unpaired) electrons. The van der Waals surface area contributed by atoms with Crippen LogP contribution in [0.3, 0.4) is 0 Å². The van der Waals surface area contributed by atoms with Crippen molar-refractivity contribution in [3.8, 4) is 0 Å². The molecule has 1 fully saturated rings. The zero-order valence-electron chi connectivity index (χ0n) is 13.4. The molecule has 0 saturated carbocycles. The van der Waals surface area contributed by atoms with Gasteiger partial charge in [0.25, 0.3) is 0 Å². The molecule has 1 aliphatic rings. The molecular weight excluding hydrogens is 372 g/mol. The summed E-state index contributed by atoms with van der Waals surface area (Å²) in [5, 5.41) is 6.67. The highest BCUT2D eigenvalue weighted by Gasteiger charge is 2.19. The van der Waals surface area contributed by atoms with Gasteiger partial charge in [-0.2, -0.15) is 5.10 Å². The number of aryl methyl sites for hydroxylation is 1. The number of benzene rings is 1. The van der Waals surface area contributed by atoms with Crippen LogP contribution in [0.25, 0.3) is 0 Å². The van der Waals surface area contributed by atoms with E-state index in [1.165, 1.54) is 19.1 Å². The predicted octanol–water partition coefficient (Wildman–Crippen LogP) is 4.11. The minimum atomic E-state index is -0.397. The molecule has 2 aromatic rings. The topological polar surface area (TPSA) is 69.9 Å². The summed E-state index contributed by atoms with van der Waals surface area (Å²) in [4.78, 5) is 14.0. The van der Waals surface area contributed by atoms with Crippen LogP contribution in [0.4, 0.5) is 16.4 Å².